The van der Waals surface area contributed by atoms with Crippen molar-refractivity contribution in [3.63, 3.8) is 0 Å². The number of nitrogens with one attached hydrogen (secondary N) is 1. The van der Waals surface area contributed by atoms with E-state index in [1.54, 1.807) is 36.2 Å². The number of likely N-dealkylation sites (N-methyl/N-ethyl adjacent to an activating group) is 1. The Morgan fingerprint density at radius 2 is 2.00 bits per heavy atom. The summed E-state index contributed by atoms with van der Waals surface area (Å²) in [6.45, 7) is 0.709. The Hall–Kier alpha value is -2.66. The molecule has 1 unspecified atom stereocenters. The van der Waals surface area contributed by atoms with Gasteiger partial charge in [0.1, 0.15) is 0 Å². The highest BCUT2D eigenvalue weighted by Crippen LogP contribution is 2.23. The molecular formula is C19H20N2O3. The molecule has 124 valence electrons. The number of nitrogens with zero attached hydrogens (tertiary/aromatic N) is 1. The maximum absolute atomic E-state index is 12.2. The fraction of sp³-hybridized carbons (Fsp3) is 0.263. The van der Waals surface area contributed by atoms with Crippen molar-refractivity contribution in [1.29, 1.82) is 0 Å². The van der Waals surface area contributed by atoms with Gasteiger partial charge in [-0.2, -0.15) is 0 Å². The van der Waals surface area contributed by atoms with E-state index in [2.05, 4.69) is 5.32 Å². The lowest BCUT2D eigenvalue weighted by Crippen LogP contribution is -2.34. The van der Waals surface area contributed by atoms with E-state index in [9.17, 15) is 14.7 Å². The molecule has 2 aromatic rings. The van der Waals surface area contributed by atoms with Crippen LogP contribution in [0.5, 0.6) is 0 Å². The van der Waals surface area contributed by atoms with E-state index in [1.807, 2.05) is 24.3 Å². The van der Waals surface area contributed by atoms with E-state index in [0.29, 0.717) is 23.4 Å². The molecule has 0 spiro atoms. The van der Waals surface area contributed by atoms with Gasteiger partial charge in [0.2, 0.25) is 5.91 Å². The second kappa shape index (κ2) is 6.84. The Morgan fingerprint density at radius 3 is 2.75 bits per heavy atom. The first-order valence-electron chi connectivity index (χ1n) is 7.96. The molecule has 2 N–H and O–H groups in total. The average molecular weight is 324 g/mol. The normalized spacial score (nSPS) is 14.9. The van der Waals surface area contributed by atoms with E-state index >= 15 is 0 Å². The summed E-state index contributed by atoms with van der Waals surface area (Å²) < 4.78 is 0. The van der Waals surface area contributed by atoms with Crippen LogP contribution in [-0.4, -0.2) is 35.4 Å². The molecule has 5 heteroatoms. The van der Waals surface area contributed by atoms with Crippen LogP contribution in [-0.2, 0) is 11.2 Å². The van der Waals surface area contributed by atoms with Crippen LogP contribution in [0, 0.1) is 0 Å². The molecule has 1 aliphatic rings. The standard InChI is InChI=1S/C19H20N2O3/c1-21-10-9-13-7-8-15(11-16(13)19(21)24)20-18(23)12-17(22)14-5-3-2-4-6-14/h2-8,11,17,22H,9-10,12H2,1H3,(H,20,23). The first kappa shape index (κ1) is 16.2. The van der Waals surface area contributed by atoms with Gasteiger partial charge in [-0.1, -0.05) is 36.4 Å². The van der Waals surface area contributed by atoms with Crippen LogP contribution in [0.15, 0.2) is 48.5 Å². The zero-order valence-corrected chi connectivity index (χ0v) is 13.5. The zero-order valence-electron chi connectivity index (χ0n) is 13.5. The van der Waals surface area contributed by atoms with Crippen LogP contribution >= 0.6 is 0 Å². The van der Waals surface area contributed by atoms with Crippen LogP contribution in [0.4, 0.5) is 5.69 Å². The molecular weight excluding hydrogens is 304 g/mol. The highest BCUT2D eigenvalue weighted by atomic mass is 16.3. The molecule has 0 aromatic heterocycles. The molecule has 5 nitrogen and oxygen atoms in total. The van der Waals surface area contributed by atoms with Crippen molar-refractivity contribution in [2.75, 3.05) is 18.9 Å². The monoisotopic (exact) mass is 324 g/mol. The summed E-state index contributed by atoms with van der Waals surface area (Å²) in [6.07, 6.45) is -0.0652. The van der Waals surface area contributed by atoms with Gasteiger partial charge in [-0.15, -0.1) is 0 Å². The number of hydrogen-bond donors (Lipinski definition) is 2. The quantitative estimate of drug-likeness (QED) is 0.907. The van der Waals surface area contributed by atoms with Gasteiger partial charge in [-0.3, -0.25) is 9.59 Å². The minimum absolute atomic E-state index is 0.0309. The number of hydrogen-bond acceptors (Lipinski definition) is 3. The maximum atomic E-state index is 12.2. The maximum Gasteiger partial charge on any atom is 0.253 e. The summed E-state index contributed by atoms with van der Waals surface area (Å²) in [5, 5.41) is 12.9. The predicted molar refractivity (Wildman–Crippen MR) is 91.8 cm³/mol. The summed E-state index contributed by atoms with van der Waals surface area (Å²) >= 11 is 0. The van der Waals surface area contributed by atoms with Crippen molar-refractivity contribution in [2.24, 2.45) is 0 Å². The second-order valence-corrected chi connectivity index (χ2v) is 6.03. The van der Waals surface area contributed by atoms with Gasteiger partial charge in [-0.05, 0) is 29.7 Å². The molecule has 0 saturated heterocycles. The highest BCUT2D eigenvalue weighted by Gasteiger charge is 2.22. The van der Waals surface area contributed by atoms with Crippen molar-refractivity contribution >= 4 is 17.5 Å². The van der Waals surface area contributed by atoms with Crippen LogP contribution in [0.25, 0.3) is 0 Å². The highest BCUT2D eigenvalue weighted by molar-refractivity contribution is 5.99. The minimum Gasteiger partial charge on any atom is -0.388 e. The first-order valence-corrected chi connectivity index (χ1v) is 7.96. The summed E-state index contributed by atoms with van der Waals surface area (Å²) in [6, 6.07) is 14.5. The second-order valence-electron chi connectivity index (χ2n) is 6.03. The van der Waals surface area contributed by atoms with Gasteiger partial charge >= 0.3 is 0 Å². The largest absolute Gasteiger partial charge is 0.388 e. The SMILES string of the molecule is CN1CCc2ccc(NC(=O)CC(O)c3ccccc3)cc2C1=O. The molecule has 1 atom stereocenters. The van der Waals surface area contributed by atoms with Crippen molar-refractivity contribution in [1.82, 2.24) is 4.90 Å². The van der Waals surface area contributed by atoms with E-state index in [1.165, 1.54) is 0 Å². The molecule has 1 aliphatic heterocycles. The van der Waals surface area contributed by atoms with E-state index in [0.717, 1.165) is 12.0 Å². The Balaban J connectivity index is 1.68. The number of anilines is 1. The molecule has 0 fully saturated rings. The van der Waals surface area contributed by atoms with Gasteiger partial charge in [0, 0.05) is 24.8 Å². The van der Waals surface area contributed by atoms with Crippen LogP contribution in [0.3, 0.4) is 0 Å². The molecule has 24 heavy (non-hydrogen) atoms. The summed E-state index contributed by atoms with van der Waals surface area (Å²) in [7, 11) is 1.77. The molecule has 0 radical (unpaired) electrons. The molecule has 1 heterocycles. The first-order chi connectivity index (χ1) is 11.5. The van der Waals surface area contributed by atoms with Crippen molar-refractivity contribution < 1.29 is 14.7 Å². The van der Waals surface area contributed by atoms with Gasteiger partial charge < -0.3 is 15.3 Å². The smallest absolute Gasteiger partial charge is 0.253 e. The van der Waals surface area contributed by atoms with Gasteiger partial charge in [0.05, 0.1) is 12.5 Å². The average Bonchev–Trinajstić information content (AvgIpc) is 2.59. The minimum atomic E-state index is -0.850. The lowest BCUT2D eigenvalue weighted by atomic mass is 9.98. The fourth-order valence-corrected chi connectivity index (χ4v) is 2.85. The van der Waals surface area contributed by atoms with Gasteiger partial charge in [0.15, 0.2) is 0 Å². The van der Waals surface area contributed by atoms with Gasteiger partial charge in [-0.25, -0.2) is 0 Å². The topological polar surface area (TPSA) is 69.6 Å². The number of rotatable bonds is 4. The number of aliphatic hydroxyl groups is 1. The Morgan fingerprint density at radius 1 is 1.25 bits per heavy atom. The number of fused-ring (bicyclic) bond motifs is 1. The third-order valence-electron chi connectivity index (χ3n) is 4.25. The lowest BCUT2D eigenvalue weighted by molar-refractivity contribution is -0.118. The van der Waals surface area contributed by atoms with Crippen molar-refractivity contribution in [3.05, 3.63) is 65.2 Å². The number of aliphatic hydroxyl groups excluding tert-OH is 1. The number of amides is 2. The van der Waals surface area contributed by atoms with Crippen molar-refractivity contribution in [2.45, 2.75) is 18.9 Å². The summed E-state index contributed by atoms with van der Waals surface area (Å²) in [5.74, 6) is -0.320. The van der Waals surface area contributed by atoms with E-state index in [4.69, 9.17) is 0 Å². The molecule has 2 amide bonds. The van der Waals surface area contributed by atoms with E-state index in [-0.39, 0.29) is 18.2 Å². The van der Waals surface area contributed by atoms with Crippen molar-refractivity contribution in [3.8, 4) is 0 Å². The fourth-order valence-electron chi connectivity index (χ4n) is 2.85. The Kier molecular flexibility index (Phi) is 4.62. The molecule has 2 aromatic carbocycles. The number of carbonyl (C=O) groups excluding carboxylic acids is 2. The summed E-state index contributed by atoms with van der Waals surface area (Å²) in [4.78, 5) is 26.0. The third kappa shape index (κ3) is 3.46. The molecule has 3 rings (SSSR count). The van der Waals surface area contributed by atoms with Crippen LogP contribution in [0.2, 0.25) is 0 Å². The number of carbonyl (C=O) groups is 2. The third-order valence-corrected chi connectivity index (χ3v) is 4.25. The predicted octanol–water partition coefficient (Wildman–Crippen LogP) is 2.38. The molecule has 0 saturated carbocycles. The van der Waals surface area contributed by atoms with Crippen LogP contribution in [0.1, 0.15) is 34.0 Å². The Labute approximate surface area is 140 Å². The van der Waals surface area contributed by atoms with E-state index < -0.39 is 6.10 Å². The molecule has 0 aliphatic carbocycles. The van der Waals surface area contributed by atoms with Gasteiger partial charge in [0.25, 0.3) is 5.91 Å². The Bertz CT molecular complexity index is 758. The zero-order chi connectivity index (χ0) is 17.1. The molecule has 0 bridgehead atoms. The lowest BCUT2D eigenvalue weighted by Gasteiger charge is -2.25. The number of benzene rings is 2. The summed E-state index contributed by atoms with van der Waals surface area (Å²) in [5.41, 5.74) is 2.91. The van der Waals surface area contributed by atoms with Crippen LogP contribution < -0.4 is 5.32 Å².